The standard InChI is InChI=1S/C10H6ClIOS/c11-3-7-6(4-13)1-2-9-10(7)8(12)5-14-9/h1-2,4-5H,3H2. The van der Waals surface area contributed by atoms with E-state index in [-0.39, 0.29) is 0 Å². The fraction of sp³-hybridized carbons (Fsp3) is 0.100. The predicted octanol–water partition coefficient (Wildman–Crippen LogP) is 4.06. The molecule has 1 aromatic carbocycles. The molecule has 2 aromatic rings. The minimum absolute atomic E-state index is 0.387. The molecule has 0 unspecified atom stereocenters. The molecule has 0 atom stereocenters. The Hall–Kier alpha value is -0.130. The van der Waals surface area contributed by atoms with Crippen LogP contribution in [0.2, 0.25) is 0 Å². The number of aldehydes is 1. The van der Waals surface area contributed by atoms with Crippen LogP contribution in [-0.2, 0) is 5.88 Å². The number of hydrogen-bond acceptors (Lipinski definition) is 2. The van der Waals surface area contributed by atoms with Gasteiger partial charge in [-0.3, -0.25) is 4.79 Å². The van der Waals surface area contributed by atoms with Gasteiger partial charge in [0.05, 0.1) is 0 Å². The highest BCUT2D eigenvalue weighted by atomic mass is 127. The van der Waals surface area contributed by atoms with E-state index < -0.39 is 0 Å². The Morgan fingerprint density at radius 3 is 2.93 bits per heavy atom. The van der Waals surface area contributed by atoms with Crippen LogP contribution in [0, 0.1) is 3.57 Å². The van der Waals surface area contributed by atoms with Crippen molar-refractivity contribution in [3.8, 4) is 0 Å². The average Bonchev–Trinajstić information content (AvgIpc) is 2.59. The van der Waals surface area contributed by atoms with E-state index in [2.05, 4.69) is 28.0 Å². The summed E-state index contributed by atoms with van der Waals surface area (Å²) >= 11 is 9.81. The van der Waals surface area contributed by atoms with Crippen molar-refractivity contribution in [3.63, 3.8) is 0 Å². The number of fused-ring (bicyclic) bond motifs is 1. The molecule has 0 spiro atoms. The van der Waals surface area contributed by atoms with Crippen molar-refractivity contribution in [3.05, 3.63) is 32.2 Å². The monoisotopic (exact) mass is 336 g/mol. The molecule has 72 valence electrons. The molecule has 2 rings (SSSR count). The van der Waals surface area contributed by atoms with Crippen LogP contribution >= 0.6 is 45.5 Å². The summed E-state index contributed by atoms with van der Waals surface area (Å²) < 4.78 is 2.36. The minimum atomic E-state index is 0.387. The predicted molar refractivity (Wildman–Crippen MR) is 69.5 cm³/mol. The highest BCUT2D eigenvalue weighted by Gasteiger charge is 2.10. The first-order valence-corrected chi connectivity index (χ1v) is 6.47. The van der Waals surface area contributed by atoms with Gasteiger partial charge >= 0.3 is 0 Å². The Bertz CT molecular complexity index is 492. The molecule has 1 heterocycles. The number of hydrogen-bond donors (Lipinski definition) is 0. The van der Waals surface area contributed by atoms with Gasteiger partial charge in [0, 0.05) is 30.5 Å². The van der Waals surface area contributed by atoms with Crippen molar-refractivity contribution in [2.24, 2.45) is 0 Å². The maximum atomic E-state index is 10.8. The fourth-order valence-corrected chi connectivity index (χ4v) is 3.75. The SMILES string of the molecule is O=Cc1ccc2scc(I)c2c1CCl. The number of carbonyl (C=O) groups is 1. The summed E-state index contributed by atoms with van der Waals surface area (Å²) in [5.74, 6) is 0.387. The second-order valence-electron chi connectivity index (χ2n) is 2.84. The Balaban J connectivity index is 2.87. The van der Waals surface area contributed by atoms with E-state index in [9.17, 15) is 4.79 Å². The fourth-order valence-electron chi connectivity index (χ4n) is 1.43. The zero-order valence-corrected chi connectivity index (χ0v) is 10.8. The van der Waals surface area contributed by atoms with Gasteiger partial charge in [0.15, 0.2) is 0 Å². The van der Waals surface area contributed by atoms with Gasteiger partial charge in [-0.25, -0.2) is 0 Å². The summed E-state index contributed by atoms with van der Waals surface area (Å²) in [5, 5.41) is 3.21. The number of alkyl halides is 1. The lowest BCUT2D eigenvalue weighted by Crippen LogP contribution is -1.90. The molecule has 14 heavy (non-hydrogen) atoms. The molecular formula is C10H6ClIOS. The Morgan fingerprint density at radius 2 is 2.29 bits per heavy atom. The van der Waals surface area contributed by atoms with Gasteiger partial charge < -0.3 is 0 Å². The zero-order chi connectivity index (χ0) is 10.1. The van der Waals surface area contributed by atoms with Crippen LogP contribution in [0.4, 0.5) is 0 Å². The molecule has 1 aromatic heterocycles. The zero-order valence-electron chi connectivity index (χ0n) is 7.09. The molecule has 0 saturated carbocycles. The topological polar surface area (TPSA) is 17.1 Å². The molecule has 0 aliphatic carbocycles. The first-order valence-electron chi connectivity index (χ1n) is 3.97. The van der Waals surface area contributed by atoms with Gasteiger partial charge in [-0.1, -0.05) is 0 Å². The van der Waals surface area contributed by atoms with Crippen molar-refractivity contribution in [2.75, 3.05) is 0 Å². The van der Waals surface area contributed by atoms with E-state index in [1.807, 2.05) is 12.1 Å². The van der Waals surface area contributed by atoms with Gasteiger partial charge in [0.1, 0.15) is 6.29 Å². The summed E-state index contributed by atoms with van der Waals surface area (Å²) in [4.78, 5) is 10.8. The lowest BCUT2D eigenvalue weighted by atomic mass is 10.1. The van der Waals surface area contributed by atoms with Gasteiger partial charge in [0.25, 0.3) is 0 Å². The number of thiophene rings is 1. The third-order valence-electron chi connectivity index (χ3n) is 2.10. The molecular weight excluding hydrogens is 331 g/mol. The molecule has 0 radical (unpaired) electrons. The van der Waals surface area contributed by atoms with Crippen molar-refractivity contribution < 1.29 is 4.79 Å². The Kier molecular flexibility index (Phi) is 3.09. The Morgan fingerprint density at radius 1 is 1.50 bits per heavy atom. The van der Waals surface area contributed by atoms with E-state index in [0.29, 0.717) is 11.4 Å². The summed E-state index contributed by atoms with van der Waals surface area (Å²) in [6.07, 6.45) is 0.866. The molecule has 0 amide bonds. The number of rotatable bonds is 2. The third kappa shape index (κ3) is 1.57. The van der Waals surface area contributed by atoms with Gasteiger partial charge in [-0.05, 0) is 40.3 Å². The molecule has 1 nitrogen and oxygen atoms in total. The largest absolute Gasteiger partial charge is 0.298 e. The molecule has 0 N–H and O–H groups in total. The van der Waals surface area contributed by atoms with Crippen molar-refractivity contribution >= 4 is 61.9 Å². The number of benzene rings is 1. The average molecular weight is 337 g/mol. The second kappa shape index (κ2) is 4.16. The molecule has 0 aliphatic rings. The lowest BCUT2D eigenvalue weighted by molar-refractivity contribution is 0.112. The van der Waals surface area contributed by atoms with Gasteiger partial charge in [-0.15, -0.1) is 22.9 Å². The molecule has 0 bridgehead atoms. The van der Waals surface area contributed by atoms with E-state index >= 15 is 0 Å². The lowest BCUT2D eigenvalue weighted by Gasteiger charge is -2.02. The number of halogens is 2. The smallest absolute Gasteiger partial charge is 0.150 e. The van der Waals surface area contributed by atoms with Crippen LogP contribution in [0.3, 0.4) is 0 Å². The normalized spacial score (nSPS) is 10.7. The highest BCUT2D eigenvalue weighted by Crippen LogP contribution is 2.32. The van der Waals surface area contributed by atoms with Crippen LogP contribution in [0.25, 0.3) is 10.1 Å². The van der Waals surface area contributed by atoms with Crippen molar-refractivity contribution in [1.82, 2.24) is 0 Å². The van der Waals surface area contributed by atoms with Crippen LogP contribution in [0.15, 0.2) is 17.5 Å². The Labute approximate surface area is 104 Å². The molecule has 4 heteroatoms. The number of carbonyl (C=O) groups excluding carboxylic acids is 1. The maximum absolute atomic E-state index is 10.8. The summed E-state index contributed by atoms with van der Waals surface area (Å²) in [6.45, 7) is 0. The summed E-state index contributed by atoms with van der Waals surface area (Å²) in [7, 11) is 0. The highest BCUT2D eigenvalue weighted by molar-refractivity contribution is 14.1. The van der Waals surface area contributed by atoms with Crippen LogP contribution in [0.5, 0.6) is 0 Å². The molecule has 0 saturated heterocycles. The summed E-state index contributed by atoms with van der Waals surface area (Å²) in [5.41, 5.74) is 1.65. The van der Waals surface area contributed by atoms with Crippen LogP contribution in [-0.4, -0.2) is 6.29 Å². The molecule has 0 fully saturated rings. The van der Waals surface area contributed by atoms with Crippen molar-refractivity contribution in [2.45, 2.75) is 5.88 Å². The van der Waals surface area contributed by atoms with Crippen LogP contribution in [0.1, 0.15) is 15.9 Å². The van der Waals surface area contributed by atoms with E-state index in [1.54, 1.807) is 11.3 Å². The maximum Gasteiger partial charge on any atom is 0.150 e. The summed E-state index contributed by atoms with van der Waals surface area (Å²) in [6, 6.07) is 3.81. The molecule has 0 aliphatic heterocycles. The quantitative estimate of drug-likeness (QED) is 0.459. The minimum Gasteiger partial charge on any atom is -0.298 e. The van der Waals surface area contributed by atoms with Crippen molar-refractivity contribution in [1.29, 1.82) is 0 Å². The first kappa shape index (κ1) is 10.4. The van der Waals surface area contributed by atoms with E-state index in [0.717, 1.165) is 17.2 Å². The van der Waals surface area contributed by atoms with E-state index in [1.165, 1.54) is 8.27 Å². The first-order chi connectivity index (χ1) is 6.77. The van der Waals surface area contributed by atoms with Gasteiger partial charge in [0.2, 0.25) is 0 Å². The van der Waals surface area contributed by atoms with E-state index in [4.69, 9.17) is 11.6 Å². The third-order valence-corrected chi connectivity index (χ3v) is 4.59. The van der Waals surface area contributed by atoms with Gasteiger partial charge in [-0.2, -0.15) is 0 Å². The van der Waals surface area contributed by atoms with Crippen LogP contribution < -0.4 is 0 Å². The second-order valence-corrected chi connectivity index (χ2v) is 5.18.